The lowest BCUT2D eigenvalue weighted by Crippen LogP contribution is -2.66. The number of carboxylic acids is 1. The van der Waals surface area contributed by atoms with Gasteiger partial charge in [0, 0.05) is 7.11 Å². The first-order valence-corrected chi connectivity index (χ1v) is 12.0. The Kier molecular flexibility index (Phi) is 11.7. The highest BCUT2D eigenvalue weighted by Gasteiger charge is 2.53. The van der Waals surface area contributed by atoms with Gasteiger partial charge < -0.3 is 84.2 Å². The minimum atomic E-state index is -1.94. The molecule has 15 atom stereocenters. The molecule has 0 aromatic heterocycles. The van der Waals surface area contributed by atoms with Crippen molar-refractivity contribution in [3.8, 4) is 0 Å². The van der Waals surface area contributed by atoms with Gasteiger partial charge >= 0.3 is 5.97 Å². The van der Waals surface area contributed by atoms with Crippen LogP contribution < -0.4 is 0 Å². The molecule has 3 aliphatic heterocycles. The van der Waals surface area contributed by atoms with E-state index < -0.39 is 125 Å². The molecule has 228 valence electrons. The molecule has 0 aliphatic carbocycles. The van der Waals surface area contributed by atoms with E-state index in [1.807, 2.05) is 0 Å². The van der Waals surface area contributed by atoms with E-state index in [0.29, 0.717) is 0 Å². The Morgan fingerprint density at radius 3 is 1.62 bits per heavy atom. The highest BCUT2D eigenvalue weighted by molar-refractivity contribution is 5.67. The Bertz CT molecular complexity index is 769. The minimum Gasteiger partial charge on any atom is -0.480 e. The highest BCUT2D eigenvalue weighted by Crippen LogP contribution is 2.32. The van der Waals surface area contributed by atoms with Gasteiger partial charge in [0.2, 0.25) is 0 Å². The molecule has 0 saturated carbocycles. The predicted octanol–water partition coefficient (Wildman–Crippen LogP) is -6.81. The second-order valence-corrected chi connectivity index (χ2v) is 9.27. The van der Waals surface area contributed by atoms with Gasteiger partial charge in [0.25, 0.3) is 0 Å². The monoisotopic (exact) mass is 576 g/mol. The zero-order chi connectivity index (χ0) is 29.0. The summed E-state index contributed by atoms with van der Waals surface area (Å²) in [6.07, 6.45) is -24.6. The number of carboxylic acid groups (broad SMARTS) is 1. The van der Waals surface area contributed by atoms with Gasteiger partial charge in [0.15, 0.2) is 18.9 Å². The largest absolute Gasteiger partial charge is 0.480 e. The van der Waals surface area contributed by atoms with Crippen LogP contribution in [-0.4, -0.2) is 183 Å². The van der Waals surface area contributed by atoms with Gasteiger partial charge in [-0.15, -0.1) is 0 Å². The molecular weight excluding hydrogens is 540 g/mol. The van der Waals surface area contributed by atoms with E-state index in [-0.39, 0.29) is 0 Å². The first-order chi connectivity index (χ1) is 18.4. The first kappa shape index (κ1) is 32.3. The second-order valence-electron chi connectivity index (χ2n) is 9.27. The van der Waals surface area contributed by atoms with Gasteiger partial charge in [-0.2, -0.15) is 0 Å². The molecular formula is C21H36O18. The zero-order valence-corrected chi connectivity index (χ0v) is 20.7. The topological polar surface area (TPSA) is 284 Å². The molecule has 0 aromatic carbocycles. The van der Waals surface area contributed by atoms with Crippen molar-refractivity contribution in [3.05, 3.63) is 0 Å². The van der Waals surface area contributed by atoms with Crippen LogP contribution in [0.5, 0.6) is 0 Å². The van der Waals surface area contributed by atoms with Gasteiger partial charge in [-0.1, -0.05) is 0 Å². The van der Waals surface area contributed by atoms with Crippen LogP contribution in [0.2, 0.25) is 0 Å². The predicted molar refractivity (Wildman–Crippen MR) is 117 cm³/mol. The van der Waals surface area contributed by atoms with Gasteiger partial charge in [0.05, 0.1) is 19.8 Å². The highest BCUT2D eigenvalue weighted by atomic mass is 16.8. The third-order valence-corrected chi connectivity index (χ3v) is 6.63. The molecule has 39 heavy (non-hydrogen) atoms. The summed E-state index contributed by atoms with van der Waals surface area (Å²) in [5, 5.41) is 101. The summed E-state index contributed by atoms with van der Waals surface area (Å²) in [6.45, 7) is -2.78. The van der Waals surface area contributed by atoms with E-state index in [2.05, 4.69) is 0 Å². The van der Waals surface area contributed by atoms with Crippen molar-refractivity contribution in [1.82, 2.24) is 0 Å². The molecule has 0 radical (unpaired) electrons. The molecule has 3 saturated heterocycles. The lowest BCUT2D eigenvalue weighted by atomic mass is 9.96. The van der Waals surface area contributed by atoms with Crippen molar-refractivity contribution in [2.45, 2.75) is 92.1 Å². The molecule has 0 unspecified atom stereocenters. The number of carbonyl (C=O) groups is 1. The van der Waals surface area contributed by atoms with E-state index >= 15 is 0 Å². The van der Waals surface area contributed by atoms with Crippen LogP contribution in [-0.2, 0) is 38.0 Å². The normalized spacial score (nSPS) is 47.2. The maximum atomic E-state index is 10.8. The third kappa shape index (κ3) is 7.19. The summed E-state index contributed by atoms with van der Waals surface area (Å²) >= 11 is 0. The van der Waals surface area contributed by atoms with Crippen molar-refractivity contribution in [2.75, 3.05) is 33.5 Å². The van der Waals surface area contributed by atoms with E-state index in [1.54, 1.807) is 0 Å². The summed E-state index contributed by atoms with van der Waals surface area (Å²) < 4.78 is 37.3. The number of rotatable bonds is 11. The standard InChI is InChI=1S/C21H36O18/c1-33-19-15(31)12(28)18(8(37-19)4-34-5-9(24)25)39-21-16(32)13(29)17(7(3-23)36-21)38-20-14(30)11(27)10(26)6(2-22)35-20/h6-8,10-23,26-32H,2-5H2,1H3,(H,24,25)/t6-,7-,8-,10+,11+,12-,13-,14-,15-,16-,17+,18-,19-,20-,21+/m1/s1. The lowest BCUT2D eigenvalue weighted by Gasteiger charge is -2.48. The number of ether oxygens (including phenoxy) is 7. The molecule has 18 nitrogen and oxygen atoms in total. The summed E-state index contributed by atoms with van der Waals surface area (Å²) in [4.78, 5) is 10.8. The van der Waals surface area contributed by atoms with E-state index in [9.17, 15) is 50.8 Å². The van der Waals surface area contributed by atoms with Crippen LogP contribution in [0.15, 0.2) is 0 Å². The second kappa shape index (κ2) is 14.1. The maximum absolute atomic E-state index is 10.8. The summed E-state index contributed by atoms with van der Waals surface area (Å²) in [7, 11) is 1.18. The number of aliphatic hydroxyl groups is 9. The van der Waals surface area contributed by atoms with Crippen molar-refractivity contribution in [3.63, 3.8) is 0 Å². The molecule has 0 bridgehead atoms. The average Bonchev–Trinajstić information content (AvgIpc) is 2.91. The number of methoxy groups -OCH3 is 1. The van der Waals surface area contributed by atoms with Crippen LogP contribution in [0.25, 0.3) is 0 Å². The lowest BCUT2D eigenvalue weighted by molar-refractivity contribution is -0.378. The summed E-state index contributed by atoms with van der Waals surface area (Å²) in [5.74, 6) is -1.29. The molecule has 0 aromatic rings. The van der Waals surface area contributed by atoms with Crippen LogP contribution in [0.1, 0.15) is 0 Å². The van der Waals surface area contributed by atoms with Crippen molar-refractivity contribution in [2.24, 2.45) is 0 Å². The molecule has 0 amide bonds. The Labute approximate surface area is 221 Å². The molecule has 3 heterocycles. The van der Waals surface area contributed by atoms with Crippen LogP contribution in [0.3, 0.4) is 0 Å². The van der Waals surface area contributed by atoms with Gasteiger partial charge in [0.1, 0.15) is 79.9 Å². The molecule has 10 N–H and O–H groups in total. The zero-order valence-electron chi connectivity index (χ0n) is 20.7. The summed E-state index contributed by atoms with van der Waals surface area (Å²) in [5.41, 5.74) is 0. The van der Waals surface area contributed by atoms with E-state index in [0.717, 1.165) is 0 Å². The fraction of sp³-hybridized carbons (Fsp3) is 0.952. The smallest absolute Gasteiger partial charge is 0.329 e. The Morgan fingerprint density at radius 1 is 0.641 bits per heavy atom. The Hall–Kier alpha value is -1.17. The third-order valence-electron chi connectivity index (χ3n) is 6.63. The molecule has 3 fully saturated rings. The van der Waals surface area contributed by atoms with Crippen LogP contribution in [0, 0.1) is 0 Å². The molecule has 0 spiro atoms. The number of hydrogen-bond acceptors (Lipinski definition) is 17. The Morgan fingerprint density at radius 2 is 1.10 bits per heavy atom. The first-order valence-electron chi connectivity index (χ1n) is 12.0. The number of aliphatic hydroxyl groups excluding tert-OH is 9. The van der Waals surface area contributed by atoms with Crippen LogP contribution in [0.4, 0.5) is 0 Å². The Balaban J connectivity index is 1.73. The molecule has 3 rings (SSSR count). The van der Waals surface area contributed by atoms with Gasteiger partial charge in [-0.3, -0.25) is 0 Å². The quantitative estimate of drug-likeness (QED) is 0.109. The average molecular weight is 577 g/mol. The fourth-order valence-electron chi connectivity index (χ4n) is 4.49. The SMILES string of the molecule is CO[C@@H]1O[C@H](COCC(=O)O)[C@@H](O[C@@H]2O[C@H](CO)[C@H](O[C@H]3O[C@H](CO)[C@H](O)[C@H](O)[C@H]3O)[C@H](O)[C@H]2O)[C@H](O)[C@H]1O. The van der Waals surface area contributed by atoms with Crippen molar-refractivity contribution < 1.29 is 89.0 Å². The summed E-state index contributed by atoms with van der Waals surface area (Å²) in [6, 6.07) is 0. The number of aliphatic carboxylic acids is 1. The van der Waals surface area contributed by atoms with Gasteiger partial charge in [-0.25, -0.2) is 4.79 Å². The van der Waals surface area contributed by atoms with Crippen molar-refractivity contribution >= 4 is 5.97 Å². The van der Waals surface area contributed by atoms with E-state index in [4.69, 9.17) is 38.3 Å². The van der Waals surface area contributed by atoms with E-state index in [1.165, 1.54) is 7.11 Å². The minimum absolute atomic E-state index is 0.460. The fourth-order valence-corrected chi connectivity index (χ4v) is 4.49. The number of hydrogen-bond donors (Lipinski definition) is 10. The molecule has 3 aliphatic rings. The van der Waals surface area contributed by atoms with Gasteiger partial charge in [-0.05, 0) is 0 Å². The molecule has 18 heteroatoms. The maximum Gasteiger partial charge on any atom is 0.329 e. The van der Waals surface area contributed by atoms with Crippen molar-refractivity contribution in [1.29, 1.82) is 0 Å². The van der Waals surface area contributed by atoms with Crippen LogP contribution >= 0.6 is 0 Å².